The van der Waals surface area contributed by atoms with E-state index in [0.29, 0.717) is 5.92 Å². The Labute approximate surface area is 140 Å². The van der Waals surface area contributed by atoms with E-state index < -0.39 is 5.97 Å². The van der Waals surface area contributed by atoms with Crippen molar-refractivity contribution in [1.29, 1.82) is 0 Å². The van der Waals surface area contributed by atoms with Gasteiger partial charge in [0.2, 0.25) is 5.91 Å². The molecular formula is C17H22N4O3. The number of hydrogen-bond acceptors (Lipinski definition) is 4. The van der Waals surface area contributed by atoms with Gasteiger partial charge in [0.25, 0.3) is 0 Å². The SMILES string of the molecule is Cc1ccccc1C(CC(C)C)NC(=O)Cn1cc(C(=O)O)nn1. The standard InChI is InChI=1S/C17H22N4O3/c1-11(2)8-14(13-7-5-4-6-12(13)3)18-16(22)10-21-9-15(17(23)24)19-20-21/h4-7,9,11,14H,8,10H2,1-3H3,(H,18,22)(H,23,24). The smallest absolute Gasteiger partial charge is 0.358 e. The lowest BCUT2D eigenvalue weighted by Gasteiger charge is -2.22. The third-order valence-electron chi connectivity index (χ3n) is 3.67. The maximum atomic E-state index is 12.3. The molecule has 0 aliphatic heterocycles. The molecule has 1 atom stereocenters. The molecule has 0 spiro atoms. The van der Waals surface area contributed by atoms with Gasteiger partial charge in [0.05, 0.1) is 12.2 Å². The van der Waals surface area contributed by atoms with E-state index in [2.05, 4.69) is 29.5 Å². The normalized spacial score (nSPS) is 12.2. The molecule has 0 fully saturated rings. The minimum absolute atomic E-state index is 0.0687. The summed E-state index contributed by atoms with van der Waals surface area (Å²) < 4.78 is 1.23. The maximum Gasteiger partial charge on any atom is 0.358 e. The Balaban J connectivity index is 2.09. The summed E-state index contributed by atoms with van der Waals surface area (Å²) in [6, 6.07) is 7.86. The predicted molar refractivity (Wildman–Crippen MR) is 88.5 cm³/mol. The highest BCUT2D eigenvalue weighted by Gasteiger charge is 2.18. The van der Waals surface area contributed by atoms with Crippen LogP contribution in [0.15, 0.2) is 30.5 Å². The number of aromatic nitrogens is 3. The summed E-state index contributed by atoms with van der Waals surface area (Å²) in [5.41, 5.74) is 2.03. The van der Waals surface area contributed by atoms with Crippen LogP contribution in [0, 0.1) is 12.8 Å². The minimum Gasteiger partial charge on any atom is -0.476 e. The molecule has 128 valence electrons. The number of hydrogen-bond donors (Lipinski definition) is 2. The van der Waals surface area contributed by atoms with Crippen LogP contribution in [-0.4, -0.2) is 32.0 Å². The van der Waals surface area contributed by atoms with Crippen LogP contribution >= 0.6 is 0 Å². The molecule has 0 radical (unpaired) electrons. The van der Waals surface area contributed by atoms with Gasteiger partial charge in [-0.05, 0) is 30.4 Å². The Kier molecular flexibility index (Phi) is 5.68. The average Bonchev–Trinajstić information content (AvgIpc) is 2.95. The zero-order chi connectivity index (χ0) is 17.7. The van der Waals surface area contributed by atoms with Crippen LogP contribution in [0.3, 0.4) is 0 Å². The van der Waals surface area contributed by atoms with Crippen LogP contribution in [-0.2, 0) is 11.3 Å². The third kappa shape index (κ3) is 4.65. The zero-order valence-corrected chi connectivity index (χ0v) is 14.1. The number of amides is 1. The van der Waals surface area contributed by atoms with Crippen LogP contribution in [0.2, 0.25) is 0 Å². The fourth-order valence-corrected chi connectivity index (χ4v) is 2.57. The molecule has 1 heterocycles. The van der Waals surface area contributed by atoms with Crippen molar-refractivity contribution in [3.63, 3.8) is 0 Å². The van der Waals surface area contributed by atoms with E-state index in [1.165, 1.54) is 10.9 Å². The van der Waals surface area contributed by atoms with Crippen molar-refractivity contribution in [2.45, 2.75) is 39.8 Å². The van der Waals surface area contributed by atoms with E-state index in [9.17, 15) is 9.59 Å². The molecule has 2 aromatic rings. The van der Waals surface area contributed by atoms with Crippen molar-refractivity contribution in [3.8, 4) is 0 Å². The number of nitrogens with zero attached hydrogens (tertiary/aromatic N) is 3. The molecule has 1 unspecified atom stereocenters. The van der Waals surface area contributed by atoms with Gasteiger partial charge >= 0.3 is 5.97 Å². The lowest BCUT2D eigenvalue weighted by Crippen LogP contribution is -2.33. The molecule has 0 saturated heterocycles. The van der Waals surface area contributed by atoms with Gasteiger partial charge in [-0.3, -0.25) is 4.79 Å². The highest BCUT2D eigenvalue weighted by molar-refractivity contribution is 5.84. The molecule has 24 heavy (non-hydrogen) atoms. The number of carbonyl (C=O) groups excluding carboxylic acids is 1. The summed E-state index contributed by atoms with van der Waals surface area (Å²) in [4.78, 5) is 23.1. The first kappa shape index (κ1) is 17.7. The molecule has 7 heteroatoms. The lowest BCUT2D eigenvalue weighted by molar-refractivity contribution is -0.122. The number of benzene rings is 1. The molecule has 2 N–H and O–H groups in total. The minimum atomic E-state index is -1.17. The van der Waals surface area contributed by atoms with Gasteiger partial charge in [-0.1, -0.05) is 43.3 Å². The summed E-state index contributed by atoms with van der Waals surface area (Å²) in [5, 5.41) is 19.0. The van der Waals surface area contributed by atoms with Crippen LogP contribution in [0.5, 0.6) is 0 Å². The first-order valence-corrected chi connectivity index (χ1v) is 7.85. The number of aromatic carboxylic acids is 1. The van der Waals surface area contributed by atoms with Crippen LogP contribution in [0.1, 0.15) is 47.9 Å². The van der Waals surface area contributed by atoms with E-state index in [1.807, 2.05) is 31.2 Å². The molecular weight excluding hydrogens is 308 g/mol. The topological polar surface area (TPSA) is 97.1 Å². The fourth-order valence-electron chi connectivity index (χ4n) is 2.57. The van der Waals surface area contributed by atoms with Gasteiger partial charge in [0.1, 0.15) is 6.54 Å². The number of carboxylic acids is 1. The fraction of sp³-hybridized carbons (Fsp3) is 0.412. The summed E-state index contributed by atoms with van der Waals surface area (Å²) >= 11 is 0. The van der Waals surface area contributed by atoms with Gasteiger partial charge in [-0.15, -0.1) is 5.10 Å². The molecule has 1 amide bonds. The van der Waals surface area contributed by atoms with E-state index in [4.69, 9.17) is 5.11 Å². The summed E-state index contributed by atoms with van der Waals surface area (Å²) in [6.45, 7) is 6.16. The Bertz CT molecular complexity index is 724. The number of aryl methyl sites for hydroxylation is 1. The van der Waals surface area contributed by atoms with Crippen LogP contribution in [0.4, 0.5) is 0 Å². The van der Waals surface area contributed by atoms with Crippen molar-refractivity contribution in [3.05, 3.63) is 47.3 Å². The Morgan fingerprint density at radius 3 is 2.58 bits per heavy atom. The Morgan fingerprint density at radius 2 is 2.00 bits per heavy atom. The second-order valence-corrected chi connectivity index (χ2v) is 6.21. The molecule has 2 rings (SSSR count). The molecule has 0 aliphatic rings. The molecule has 0 saturated carbocycles. The number of rotatable bonds is 7. The van der Waals surface area contributed by atoms with Gasteiger partial charge in [0.15, 0.2) is 5.69 Å². The van der Waals surface area contributed by atoms with Crippen LogP contribution < -0.4 is 5.32 Å². The van der Waals surface area contributed by atoms with Gasteiger partial charge in [-0.25, -0.2) is 9.48 Å². The zero-order valence-electron chi connectivity index (χ0n) is 14.1. The Hall–Kier alpha value is -2.70. The first-order valence-electron chi connectivity index (χ1n) is 7.85. The largest absolute Gasteiger partial charge is 0.476 e. The van der Waals surface area contributed by atoms with E-state index in [1.54, 1.807) is 0 Å². The molecule has 0 bridgehead atoms. The monoisotopic (exact) mass is 330 g/mol. The van der Waals surface area contributed by atoms with Crippen molar-refractivity contribution in [2.24, 2.45) is 5.92 Å². The second kappa shape index (κ2) is 7.72. The summed E-state index contributed by atoms with van der Waals surface area (Å²) in [6.07, 6.45) is 2.06. The van der Waals surface area contributed by atoms with Crippen molar-refractivity contribution in [2.75, 3.05) is 0 Å². The molecule has 1 aromatic carbocycles. The highest BCUT2D eigenvalue weighted by atomic mass is 16.4. The van der Waals surface area contributed by atoms with E-state index >= 15 is 0 Å². The van der Waals surface area contributed by atoms with Gasteiger partial charge in [-0.2, -0.15) is 0 Å². The number of carbonyl (C=O) groups is 2. The number of nitrogens with one attached hydrogen (secondary N) is 1. The summed E-state index contributed by atoms with van der Waals surface area (Å²) in [7, 11) is 0. The lowest BCUT2D eigenvalue weighted by atomic mass is 9.94. The van der Waals surface area contributed by atoms with E-state index in [-0.39, 0.29) is 24.2 Å². The quantitative estimate of drug-likeness (QED) is 0.811. The predicted octanol–water partition coefficient (Wildman–Crippen LogP) is 2.19. The highest BCUT2D eigenvalue weighted by Crippen LogP contribution is 2.24. The van der Waals surface area contributed by atoms with Crippen molar-refractivity contribution < 1.29 is 14.7 Å². The second-order valence-electron chi connectivity index (χ2n) is 6.21. The van der Waals surface area contributed by atoms with Gasteiger partial charge < -0.3 is 10.4 Å². The summed E-state index contributed by atoms with van der Waals surface area (Å²) in [5.74, 6) is -0.982. The molecule has 1 aromatic heterocycles. The van der Waals surface area contributed by atoms with Gasteiger partial charge in [0, 0.05) is 0 Å². The van der Waals surface area contributed by atoms with Crippen molar-refractivity contribution >= 4 is 11.9 Å². The molecule has 7 nitrogen and oxygen atoms in total. The van der Waals surface area contributed by atoms with E-state index in [0.717, 1.165) is 17.5 Å². The Morgan fingerprint density at radius 1 is 1.29 bits per heavy atom. The van der Waals surface area contributed by atoms with Crippen LogP contribution in [0.25, 0.3) is 0 Å². The first-order chi connectivity index (χ1) is 11.4. The maximum absolute atomic E-state index is 12.3. The van der Waals surface area contributed by atoms with Crippen molar-refractivity contribution in [1.82, 2.24) is 20.3 Å². The number of carboxylic acid groups (broad SMARTS) is 1. The average molecular weight is 330 g/mol. The molecule has 0 aliphatic carbocycles. The third-order valence-corrected chi connectivity index (χ3v) is 3.67.